The van der Waals surface area contributed by atoms with Gasteiger partial charge in [0.25, 0.3) is 0 Å². The highest BCUT2D eigenvalue weighted by molar-refractivity contribution is 7.13. The summed E-state index contributed by atoms with van der Waals surface area (Å²) < 4.78 is 0. The second kappa shape index (κ2) is 5.46. The lowest BCUT2D eigenvalue weighted by atomic mass is 9.90. The number of likely N-dealkylation sites (tertiary alicyclic amines) is 1. The Hall–Kier alpha value is -1.14. The van der Waals surface area contributed by atoms with Crippen LogP contribution < -0.4 is 5.32 Å². The molecule has 0 bridgehead atoms. The standard InChI is InChI=1S/C13H21N3O2S/c1-13(2,11(17)18)10-8-19-12(15-10)14-9-4-6-16(3)7-5-9/h8-9H,4-7H2,1-3H3,(H,14,15)(H,17,18). The molecule has 0 atom stereocenters. The number of thiazole rings is 1. The van der Waals surface area contributed by atoms with Gasteiger partial charge in [0.05, 0.1) is 5.69 Å². The Kier molecular flexibility index (Phi) is 4.10. The second-order valence-corrected chi connectivity index (χ2v) is 6.55. The Morgan fingerprint density at radius 1 is 1.53 bits per heavy atom. The minimum Gasteiger partial charge on any atom is -0.481 e. The SMILES string of the molecule is CN1CCC(Nc2nc(C(C)(C)C(=O)O)cs2)CC1. The van der Waals surface area contributed by atoms with E-state index in [1.807, 2.05) is 5.38 Å². The van der Waals surface area contributed by atoms with Crippen molar-refractivity contribution in [2.45, 2.75) is 38.1 Å². The van der Waals surface area contributed by atoms with Crippen LogP contribution in [0.3, 0.4) is 0 Å². The van der Waals surface area contributed by atoms with Gasteiger partial charge in [-0.15, -0.1) is 11.3 Å². The predicted molar refractivity (Wildman–Crippen MR) is 76.9 cm³/mol. The van der Waals surface area contributed by atoms with Gasteiger partial charge in [0.15, 0.2) is 5.13 Å². The predicted octanol–water partition coefficient (Wildman–Crippen LogP) is 2.01. The third-order valence-electron chi connectivity index (χ3n) is 3.73. The summed E-state index contributed by atoms with van der Waals surface area (Å²) in [5, 5.41) is 15.3. The van der Waals surface area contributed by atoms with Gasteiger partial charge < -0.3 is 15.3 Å². The molecular weight excluding hydrogens is 262 g/mol. The van der Waals surface area contributed by atoms with Gasteiger partial charge in [0, 0.05) is 11.4 Å². The van der Waals surface area contributed by atoms with Crippen molar-refractivity contribution in [3.63, 3.8) is 0 Å². The zero-order valence-electron chi connectivity index (χ0n) is 11.6. The minimum absolute atomic E-state index is 0.447. The molecule has 0 unspecified atom stereocenters. The first-order chi connectivity index (χ1) is 8.89. The van der Waals surface area contributed by atoms with Crippen molar-refractivity contribution in [2.75, 3.05) is 25.5 Å². The number of nitrogens with zero attached hydrogens (tertiary/aromatic N) is 2. The van der Waals surface area contributed by atoms with Crippen molar-refractivity contribution in [1.29, 1.82) is 0 Å². The fourth-order valence-corrected chi connectivity index (χ4v) is 3.02. The highest BCUT2D eigenvalue weighted by Gasteiger charge is 2.32. The topological polar surface area (TPSA) is 65.5 Å². The van der Waals surface area contributed by atoms with Gasteiger partial charge in [0.2, 0.25) is 0 Å². The van der Waals surface area contributed by atoms with Crippen molar-refractivity contribution in [3.05, 3.63) is 11.1 Å². The maximum absolute atomic E-state index is 11.2. The number of carbonyl (C=O) groups is 1. The lowest BCUT2D eigenvalue weighted by molar-refractivity contribution is -0.142. The van der Waals surface area contributed by atoms with Crippen LogP contribution in [0.15, 0.2) is 5.38 Å². The summed E-state index contributed by atoms with van der Waals surface area (Å²) in [5.41, 5.74) is -0.302. The van der Waals surface area contributed by atoms with Crippen LogP contribution in [0.1, 0.15) is 32.4 Å². The zero-order chi connectivity index (χ0) is 14.0. The number of carboxylic acids is 1. The number of aromatic nitrogens is 1. The summed E-state index contributed by atoms with van der Waals surface area (Å²) in [6.07, 6.45) is 2.21. The summed E-state index contributed by atoms with van der Waals surface area (Å²) in [5.74, 6) is -0.844. The van der Waals surface area contributed by atoms with E-state index < -0.39 is 11.4 Å². The van der Waals surface area contributed by atoms with Crippen molar-refractivity contribution in [3.8, 4) is 0 Å². The monoisotopic (exact) mass is 283 g/mol. The molecule has 1 saturated heterocycles. The fraction of sp³-hybridized carbons (Fsp3) is 0.692. The molecule has 6 heteroatoms. The van der Waals surface area contributed by atoms with Crippen LogP contribution in [0.25, 0.3) is 0 Å². The van der Waals surface area contributed by atoms with Crippen LogP contribution >= 0.6 is 11.3 Å². The molecule has 0 aliphatic carbocycles. The van der Waals surface area contributed by atoms with E-state index in [9.17, 15) is 9.90 Å². The van der Waals surface area contributed by atoms with E-state index in [-0.39, 0.29) is 0 Å². The summed E-state index contributed by atoms with van der Waals surface area (Å²) >= 11 is 1.49. The van der Waals surface area contributed by atoms with E-state index in [0.29, 0.717) is 11.7 Å². The molecule has 5 nitrogen and oxygen atoms in total. The maximum Gasteiger partial charge on any atom is 0.315 e. The lowest BCUT2D eigenvalue weighted by Gasteiger charge is -2.29. The number of anilines is 1. The largest absolute Gasteiger partial charge is 0.481 e. The normalized spacial score (nSPS) is 18.5. The van der Waals surface area contributed by atoms with Crippen LogP contribution in [0.5, 0.6) is 0 Å². The highest BCUT2D eigenvalue weighted by atomic mass is 32.1. The van der Waals surface area contributed by atoms with Crippen LogP contribution in [0, 0.1) is 0 Å². The molecule has 1 aromatic heterocycles. The smallest absolute Gasteiger partial charge is 0.315 e. The van der Waals surface area contributed by atoms with E-state index >= 15 is 0 Å². The van der Waals surface area contributed by atoms with Crippen molar-refractivity contribution in [1.82, 2.24) is 9.88 Å². The molecule has 19 heavy (non-hydrogen) atoms. The maximum atomic E-state index is 11.2. The molecule has 1 aliphatic rings. The van der Waals surface area contributed by atoms with Crippen LogP contribution in [-0.2, 0) is 10.2 Å². The average molecular weight is 283 g/mol. The molecule has 2 heterocycles. The Bertz CT molecular complexity index is 450. The molecule has 0 saturated carbocycles. The molecule has 1 aliphatic heterocycles. The first-order valence-electron chi connectivity index (χ1n) is 6.54. The van der Waals surface area contributed by atoms with E-state index in [0.717, 1.165) is 31.1 Å². The number of hydrogen-bond acceptors (Lipinski definition) is 5. The van der Waals surface area contributed by atoms with Crippen LogP contribution in [0.4, 0.5) is 5.13 Å². The van der Waals surface area contributed by atoms with E-state index in [1.54, 1.807) is 13.8 Å². The van der Waals surface area contributed by atoms with E-state index in [1.165, 1.54) is 11.3 Å². The van der Waals surface area contributed by atoms with Gasteiger partial charge in [-0.2, -0.15) is 0 Å². The van der Waals surface area contributed by atoms with Gasteiger partial charge in [-0.05, 0) is 46.8 Å². The molecule has 0 aromatic carbocycles. The average Bonchev–Trinajstić information content (AvgIpc) is 2.81. The number of aliphatic carboxylic acids is 1. The molecule has 0 radical (unpaired) electrons. The molecule has 0 amide bonds. The summed E-state index contributed by atoms with van der Waals surface area (Å²) in [4.78, 5) is 17.9. The van der Waals surface area contributed by atoms with Crippen molar-refractivity contribution in [2.24, 2.45) is 0 Å². The molecule has 2 N–H and O–H groups in total. The number of piperidine rings is 1. The fourth-order valence-electron chi connectivity index (χ4n) is 2.06. The van der Waals surface area contributed by atoms with Crippen LogP contribution in [0.2, 0.25) is 0 Å². The van der Waals surface area contributed by atoms with Gasteiger partial charge in [-0.25, -0.2) is 4.98 Å². The Labute approximate surface area is 117 Å². The number of rotatable bonds is 4. The molecular formula is C13H21N3O2S. The van der Waals surface area contributed by atoms with Crippen molar-refractivity contribution >= 4 is 22.4 Å². The Morgan fingerprint density at radius 2 is 2.16 bits per heavy atom. The van der Waals surface area contributed by atoms with Gasteiger partial charge in [-0.1, -0.05) is 0 Å². The number of nitrogens with one attached hydrogen (secondary N) is 1. The quantitative estimate of drug-likeness (QED) is 0.885. The first kappa shape index (κ1) is 14.3. The third kappa shape index (κ3) is 3.25. The second-order valence-electron chi connectivity index (χ2n) is 5.69. The summed E-state index contributed by atoms with van der Waals surface area (Å²) in [6, 6.07) is 0.447. The number of hydrogen-bond donors (Lipinski definition) is 2. The molecule has 0 spiro atoms. The lowest BCUT2D eigenvalue weighted by Crippen LogP contribution is -2.36. The Balaban J connectivity index is 2.00. The summed E-state index contributed by atoms with van der Waals surface area (Å²) in [7, 11) is 2.13. The van der Waals surface area contributed by atoms with Crippen molar-refractivity contribution < 1.29 is 9.90 Å². The van der Waals surface area contributed by atoms with E-state index in [2.05, 4.69) is 22.2 Å². The van der Waals surface area contributed by atoms with E-state index in [4.69, 9.17) is 0 Å². The van der Waals surface area contributed by atoms with Gasteiger partial charge in [-0.3, -0.25) is 4.79 Å². The highest BCUT2D eigenvalue weighted by Crippen LogP contribution is 2.28. The van der Waals surface area contributed by atoms with Crippen LogP contribution in [-0.4, -0.2) is 47.1 Å². The minimum atomic E-state index is -0.927. The molecule has 1 fully saturated rings. The van der Waals surface area contributed by atoms with Gasteiger partial charge >= 0.3 is 5.97 Å². The Morgan fingerprint density at radius 3 is 2.74 bits per heavy atom. The van der Waals surface area contributed by atoms with Gasteiger partial charge in [0.1, 0.15) is 5.41 Å². The zero-order valence-corrected chi connectivity index (χ0v) is 12.5. The molecule has 106 valence electrons. The molecule has 2 rings (SSSR count). The summed E-state index contributed by atoms with van der Waals surface area (Å²) in [6.45, 7) is 5.56. The first-order valence-corrected chi connectivity index (χ1v) is 7.42. The molecule has 1 aromatic rings. The third-order valence-corrected chi connectivity index (χ3v) is 4.50. The number of carboxylic acid groups (broad SMARTS) is 1.